The highest BCUT2D eigenvalue weighted by molar-refractivity contribution is 5.94. The molecule has 24 heavy (non-hydrogen) atoms. The van der Waals surface area contributed by atoms with E-state index in [1.54, 1.807) is 42.3 Å². The van der Waals surface area contributed by atoms with Crippen molar-refractivity contribution in [2.75, 3.05) is 7.05 Å². The number of nitrogens with zero attached hydrogens (tertiary/aromatic N) is 2. The van der Waals surface area contributed by atoms with Gasteiger partial charge in [-0.15, -0.1) is 0 Å². The highest BCUT2D eigenvalue weighted by Crippen LogP contribution is 2.16. The SMILES string of the molecule is C[C@H](CC#N)N(C)C(=O)c1cccc(COc2cccc(F)c2)c1. The third-order valence-corrected chi connectivity index (χ3v) is 3.74. The van der Waals surface area contributed by atoms with Crippen LogP contribution in [0.25, 0.3) is 0 Å². The topological polar surface area (TPSA) is 53.3 Å². The van der Waals surface area contributed by atoms with Crippen molar-refractivity contribution < 1.29 is 13.9 Å². The lowest BCUT2D eigenvalue weighted by molar-refractivity contribution is 0.0746. The monoisotopic (exact) mass is 326 g/mol. The zero-order valence-corrected chi connectivity index (χ0v) is 13.7. The van der Waals surface area contributed by atoms with E-state index in [1.165, 1.54) is 12.1 Å². The van der Waals surface area contributed by atoms with Crippen molar-refractivity contribution in [2.24, 2.45) is 0 Å². The van der Waals surface area contributed by atoms with Crippen LogP contribution < -0.4 is 4.74 Å². The molecule has 0 aliphatic carbocycles. The van der Waals surface area contributed by atoms with Gasteiger partial charge in [0.15, 0.2) is 0 Å². The van der Waals surface area contributed by atoms with Gasteiger partial charge in [-0.3, -0.25) is 4.79 Å². The average Bonchev–Trinajstić information content (AvgIpc) is 2.59. The molecule has 0 spiro atoms. The number of carbonyl (C=O) groups excluding carboxylic acids is 1. The van der Waals surface area contributed by atoms with Crippen LogP contribution in [0.2, 0.25) is 0 Å². The predicted octanol–water partition coefficient (Wildman–Crippen LogP) is 3.78. The van der Waals surface area contributed by atoms with Gasteiger partial charge in [0.2, 0.25) is 0 Å². The predicted molar refractivity (Wildman–Crippen MR) is 89.0 cm³/mol. The van der Waals surface area contributed by atoms with Crippen LogP contribution in [0.1, 0.15) is 29.3 Å². The fraction of sp³-hybridized carbons (Fsp3) is 0.263. The maximum Gasteiger partial charge on any atom is 0.253 e. The summed E-state index contributed by atoms with van der Waals surface area (Å²) >= 11 is 0. The summed E-state index contributed by atoms with van der Waals surface area (Å²) in [6.07, 6.45) is 0.282. The summed E-state index contributed by atoms with van der Waals surface area (Å²) in [7, 11) is 1.68. The van der Waals surface area contributed by atoms with E-state index < -0.39 is 0 Å². The van der Waals surface area contributed by atoms with Crippen LogP contribution in [0.4, 0.5) is 4.39 Å². The van der Waals surface area contributed by atoms with Gasteiger partial charge >= 0.3 is 0 Å². The highest BCUT2D eigenvalue weighted by atomic mass is 19.1. The molecule has 2 aromatic carbocycles. The summed E-state index contributed by atoms with van der Waals surface area (Å²) in [5.74, 6) is -0.0682. The van der Waals surface area contributed by atoms with E-state index in [-0.39, 0.29) is 30.8 Å². The maximum absolute atomic E-state index is 13.1. The molecule has 0 fully saturated rings. The van der Waals surface area contributed by atoms with Crippen molar-refractivity contribution in [3.8, 4) is 11.8 Å². The maximum atomic E-state index is 13.1. The molecule has 0 radical (unpaired) electrons. The molecule has 0 saturated heterocycles. The van der Waals surface area contributed by atoms with Crippen LogP contribution in [-0.2, 0) is 6.61 Å². The molecule has 0 heterocycles. The van der Waals surface area contributed by atoms with Crippen LogP contribution in [0.3, 0.4) is 0 Å². The molecule has 0 saturated carbocycles. The summed E-state index contributed by atoms with van der Waals surface area (Å²) in [4.78, 5) is 14.0. The largest absolute Gasteiger partial charge is 0.489 e. The first-order valence-electron chi connectivity index (χ1n) is 7.62. The van der Waals surface area contributed by atoms with Gasteiger partial charge in [0.05, 0.1) is 12.5 Å². The lowest BCUT2D eigenvalue weighted by Crippen LogP contribution is -2.34. The Balaban J connectivity index is 2.05. The molecular weight excluding hydrogens is 307 g/mol. The molecule has 5 heteroatoms. The molecule has 1 amide bonds. The van der Waals surface area contributed by atoms with Gasteiger partial charge in [0.25, 0.3) is 5.91 Å². The van der Waals surface area contributed by atoms with E-state index in [1.807, 2.05) is 13.0 Å². The summed E-state index contributed by atoms with van der Waals surface area (Å²) in [5.41, 5.74) is 1.34. The van der Waals surface area contributed by atoms with Gasteiger partial charge in [0, 0.05) is 24.7 Å². The van der Waals surface area contributed by atoms with Crippen LogP contribution in [-0.4, -0.2) is 23.9 Å². The number of ether oxygens (including phenoxy) is 1. The first-order chi connectivity index (χ1) is 11.5. The van der Waals surface area contributed by atoms with Gasteiger partial charge in [-0.2, -0.15) is 5.26 Å². The van der Waals surface area contributed by atoms with E-state index in [4.69, 9.17) is 10.00 Å². The molecule has 2 aromatic rings. The van der Waals surface area contributed by atoms with Crippen molar-refractivity contribution in [1.29, 1.82) is 5.26 Å². The lowest BCUT2D eigenvalue weighted by Gasteiger charge is -2.23. The number of rotatable bonds is 6. The Hall–Kier alpha value is -2.87. The fourth-order valence-electron chi connectivity index (χ4n) is 2.19. The van der Waals surface area contributed by atoms with E-state index in [2.05, 4.69) is 6.07 Å². The van der Waals surface area contributed by atoms with Crippen molar-refractivity contribution >= 4 is 5.91 Å². The standard InChI is InChI=1S/C19H19FN2O2/c1-14(9-10-21)22(2)19(23)16-6-3-5-15(11-16)13-24-18-8-4-7-17(20)12-18/h3-8,11-12,14H,9,13H2,1-2H3/t14-/m1/s1. The van der Waals surface area contributed by atoms with Crippen LogP contribution >= 0.6 is 0 Å². The Morgan fingerprint density at radius 1 is 1.29 bits per heavy atom. The molecule has 0 aliphatic rings. The second kappa shape index (κ2) is 8.11. The Labute approximate surface area is 141 Å². The minimum absolute atomic E-state index is 0.148. The van der Waals surface area contributed by atoms with E-state index in [9.17, 15) is 9.18 Å². The molecule has 0 aliphatic heterocycles. The highest BCUT2D eigenvalue weighted by Gasteiger charge is 2.17. The smallest absolute Gasteiger partial charge is 0.253 e. The molecule has 0 unspecified atom stereocenters. The van der Waals surface area contributed by atoms with Crippen molar-refractivity contribution in [2.45, 2.75) is 26.0 Å². The number of nitriles is 1. The summed E-state index contributed by atoms with van der Waals surface area (Å²) in [6, 6.07) is 14.9. The molecule has 0 N–H and O–H groups in total. The lowest BCUT2D eigenvalue weighted by atomic mass is 10.1. The average molecular weight is 326 g/mol. The Kier molecular flexibility index (Phi) is 5.91. The van der Waals surface area contributed by atoms with Gasteiger partial charge in [0.1, 0.15) is 18.2 Å². The van der Waals surface area contributed by atoms with E-state index >= 15 is 0 Å². The molecule has 124 valence electrons. The minimum atomic E-state index is -0.357. The number of halogens is 1. The van der Waals surface area contributed by atoms with Crippen LogP contribution in [0.15, 0.2) is 48.5 Å². The number of benzene rings is 2. The molecule has 0 bridgehead atoms. The molecule has 2 rings (SSSR count). The molecule has 0 aromatic heterocycles. The third-order valence-electron chi connectivity index (χ3n) is 3.74. The Morgan fingerprint density at radius 2 is 2.04 bits per heavy atom. The third kappa shape index (κ3) is 4.56. The zero-order valence-electron chi connectivity index (χ0n) is 13.7. The number of carbonyl (C=O) groups is 1. The van der Waals surface area contributed by atoms with Crippen molar-refractivity contribution in [3.05, 3.63) is 65.5 Å². The zero-order chi connectivity index (χ0) is 17.5. The first-order valence-corrected chi connectivity index (χ1v) is 7.62. The Bertz CT molecular complexity index is 755. The molecule has 1 atom stereocenters. The summed E-state index contributed by atoms with van der Waals surface area (Å²) < 4.78 is 18.7. The first kappa shape index (κ1) is 17.5. The van der Waals surface area contributed by atoms with Crippen LogP contribution in [0, 0.1) is 17.1 Å². The number of hydrogen-bond acceptors (Lipinski definition) is 3. The number of amides is 1. The van der Waals surface area contributed by atoms with Gasteiger partial charge < -0.3 is 9.64 Å². The Morgan fingerprint density at radius 3 is 2.75 bits per heavy atom. The van der Waals surface area contributed by atoms with Gasteiger partial charge in [-0.25, -0.2) is 4.39 Å². The van der Waals surface area contributed by atoms with E-state index in [0.717, 1.165) is 5.56 Å². The second-order valence-electron chi connectivity index (χ2n) is 5.57. The second-order valence-corrected chi connectivity index (χ2v) is 5.57. The van der Waals surface area contributed by atoms with Gasteiger partial charge in [-0.1, -0.05) is 18.2 Å². The summed E-state index contributed by atoms with van der Waals surface area (Å²) in [5, 5.41) is 8.75. The number of hydrogen-bond donors (Lipinski definition) is 0. The van der Waals surface area contributed by atoms with Gasteiger partial charge in [-0.05, 0) is 36.8 Å². The quantitative estimate of drug-likeness (QED) is 0.812. The normalized spacial score (nSPS) is 11.4. The molecule has 4 nitrogen and oxygen atoms in total. The summed E-state index contributed by atoms with van der Waals surface area (Å²) in [6.45, 7) is 2.07. The van der Waals surface area contributed by atoms with Crippen LogP contribution in [0.5, 0.6) is 5.75 Å². The fourth-order valence-corrected chi connectivity index (χ4v) is 2.19. The minimum Gasteiger partial charge on any atom is -0.489 e. The van der Waals surface area contributed by atoms with E-state index in [0.29, 0.717) is 11.3 Å². The van der Waals surface area contributed by atoms with Crippen molar-refractivity contribution in [3.63, 3.8) is 0 Å². The van der Waals surface area contributed by atoms with Crippen molar-refractivity contribution in [1.82, 2.24) is 4.90 Å². The molecular formula is C19H19FN2O2.